The van der Waals surface area contributed by atoms with Crippen LogP contribution in [0.4, 0.5) is 0 Å². The Balaban J connectivity index is 2.45. The number of hydrogen-bond donors (Lipinski definition) is 3. The van der Waals surface area contributed by atoms with Crippen LogP contribution in [0.5, 0.6) is 0 Å². The summed E-state index contributed by atoms with van der Waals surface area (Å²) < 4.78 is 0. The van der Waals surface area contributed by atoms with Crippen LogP contribution in [0.25, 0.3) is 0 Å². The highest BCUT2D eigenvalue weighted by atomic mass is 16.2. The van der Waals surface area contributed by atoms with Gasteiger partial charge in [0.1, 0.15) is 0 Å². The van der Waals surface area contributed by atoms with Crippen molar-refractivity contribution in [2.75, 3.05) is 13.1 Å². The molecule has 3 N–H and O–H groups in total. The fourth-order valence-electron chi connectivity index (χ4n) is 2.03. The highest BCUT2D eigenvalue weighted by Gasteiger charge is 2.16. The van der Waals surface area contributed by atoms with Gasteiger partial charge in [-0.05, 0) is 5.56 Å². The summed E-state index contributed by atoms with van der Waals surface area (Å²) in [4.78, 5) is 34.7. The lowest BCUT2D eigenvalue weighted by atomic mass is 10.0. The second kappa shape index (κ2) is 9.61. The molecule has 1 atom stereocenters. The van der Waals surface area contributed by atoms with Crippen LogP contribution in [0, 0.1) is 5.92 Å². The van der Waals surface area contributed by atoms with Gasteiger partial charge in [-0.1, -0.05) is 44.2 Å². The van der Waals surface area contributed by atoms with Crippen molar-refractivity contribution in [2.24, 2.45) is 5.92 Å². The number of amides is 3. The lowest BCUT2D eigenvalue weighted by Crippen LogP contribution is -2.38. The quantitative estimate of drug-likeness (QED) is 0.628. The molecule has 0 aliphatic carbocycles. The molecule has 0 saturated heterocycles. The first-order chi connectivity index (χ1) is 10.9. The fourth-order valence-corrected chi connectivity index (χ4v) is 2.03. The first kappa shape index (κ1) is 18.7. The summed E-state index contributed by atoms with van der Waals surface area (Å²) in [5, 5.41) is 8.26. The summed E-state index contributed by atoms with van der Waals surface area (Å²) in [6, 6.07) is 8.99. The molecule has 6 heteroatoms. The standard InChI is InChI=1S/C17H25N3O3/c1-12(2)17(23)19-10-9-18-16(22)11-15(20-13(3)21)14-7-5-4-6-8-14/h4-8,12,15H,9-11H2,1-3H3,(H,18,22)(H,19,23)(H,20,21). The molecule has 0 saturated carbocycles. The molecule has 23 heavy (non-hydrogen) atoms. The smallest absolute Gasteiger partial charge is 0.222 e. The number of nitrogens with one attached hydrogen (secondary N) is 3. The summed E-state index contributed by atoms with van der Waals surface area (Å²) >= 11 is 0. The van der Waals surface area contributed by atoms with Gasteiger partial charge in [-0.3, -0.25) is 14.4 Å². The molecular formula is C17H25N3O3. The van der Waals surface area contributed by atoms with Crippen molar-refractivity contribution >= 4 is 17.7 Å². The summed E-state index contributed by atoms with van der Waals surface area (Å²) in [5.41, 5.74) is 0.881. The third-order valence-electron chi connectivity index (χ3n) is 3.24. The van der Waals surface area contributed by atoms with Crippen LogP contribution in [0.3, 0.4) is 0 Å². The van der Waals surface area contributed by atoms with Gasteiger partial charge in [0.05, 0.1) is 12.5 Å². The van der Waals surface area contributed by atoms with Crippen LogP contribution in [0.2, 0.25) is 0 Å². The van der Waals surface area contributed by atoms with E-state index >= 15 is 0 Å². The average Bonchev–Trinajstić information content (AvgIpc) is 2.51. The molecular weight excluding hydrogens is 294 g/mol. The third kappa shape index (κ3) is 7.44. The van der Waals surface area contributed by atoms with Crippen LogP contribution in [-0.2, 0) is 14.4 Å². The van der Waals surface area contributed by atoms with Gasteiger partial charge in [0, 0.05) is 25.9 Å². The zero-order valence-electron chi connectivity index (χ0n) is 13.9. The minimum Gasteiger partial charge on any atom is -0.354 e. The molecule has 6 nitrogen and oxygen atoms in total. The molecule has 1 unspecified atom stereocenters. The van der Waals surface area contributed by atoms with Crippen molar-refractivity contribution < 1.29 is 14.4 Å². The maximum absolute atomic E-state index is 12.0. The monoisotopic (exact) mass is 319 g/mol. The molecule has 0 spiro atoms. The molecule has 3 amide bonds. The van der Waals surface area contributed by atoms with Crippen molar-refractivity contribution in [3.63, 3.8) is 0 Å². The Morgan fingerprint density at radius 3 is 2.17 bits per heavy atom. The second-order valence-electron chi connectivity index (χ2n) is 5.66. The van der Waals surface area contributed by atoms with Crippen LogP contribution < -0.4 is 16.0 Å². The van der Waals surface area contributed by atoms with Gasteiger partial charge in [0.2, 0.25) is 17.7 Å². The number of benzene rings is 1. The van der Waals surface area contributed by atoms with Crippen LogP contribution in [-0.4, -0.2) is 30.8 Å². The maximum Gasteiger partial charge on any atom is 0.222 e. The van der Waals surface area contributed by atoms with Crippen molar-refractivity contribution in [1.29, 1.82) is 0 Å². The topological polar surface area (TPSA) is 87.3 Å². The van der Waals surface area contributed by atoms with Crippen molar-refractivity contribution in [1.82, 2.24) is 16.0 Å². The van der Waals surface area contributed by atoms with Crippen LogP contribution >= 0.6 is 0 Å². The van der Waals surface area contributed by atoms with E-state index in [4.69, 9.17) is 0 Å². The van der Waals surface area contributed by atoms with E-state index in [1.54, 1.807) is 0 Å². The molecule has 0 aliphatic rings. The molecule has 0 aromatic heterocycles. The van der Waals surface area contributed by atoms with Gasteiger partial charge in [-0.2, -0.15) is 0 Å². The number of carbonyl (C=O) groups is 3. The molecule has 0 aliphatic heterocycles. The largest absolute Gasteiger partial charge is 0.354 e. The lowest BCUT2D eigenvalue weighted by molar-refractivity contribution is -0.125. The summed E-state index contributed by atoms with van der Waals surface area (Å²) in [6.45, 7) is 5.80. The van der Waals surface area contributed by atoms with Gasteiger partial charge in [-0.25, -0.2) is 0 Å². The maximum atomic E-state index is 12.0. The normalized spacial score (nSPS) is 11.7. The molecule has 1 aromatic rings. The van der Waals surface area contributed by atoms with E-state index in [-0.39, 0.29) is 36.1 Å². The Bertz CT molecular complexity index is 529. The number of rotatable bonds is 8. The average molecular weight is 319 g/mol. The molecule has 1 aromatic carbocycles. The van der Waals surface area contributed by atoms with Gasteiger partial charge >= 0.3 is 0 Å². The Hall–Kier alpha value is -2.37. The minimum atomic E-state index is -0.362. The summed E-state index contributed by atoms with van der Waals surface area (Å²) in [7, 11) is 0. The van der Waals surface area contributed by atoms with E-state index in [0.717, 1.165) is 5.56 Å². The fraction of sp³-hybridized carbons (Fsp3) is 0.471. The minimum absolute atomic E-state index is 0.0420. The van der Waals surface area contributed by atoms with Crippen LogP contribution in [0.1, 0.15) is 38.8 Å². The van der Waals surface area contributed by atoms with Gasteiger partial charge < -0.3 is 16.0 Å². The zero-order chi connectivity index (χ0) is 17.2. The highest BCUT2D eigenvalue weighted by molar-refractivity contribution is 5.79. The van der Waals surface area contributed by atoms with Crippen LogP contribution in [0.15, 0.2) is 30.3 Å². The van der Waals surface area contributed by atoms with E-state index in [2.05, 4.69) is 16.0 Å². The number of hydrogen-bond acceptors (Lipinski definition) is 3. The van der Waals surface area contributed by atoms with E-state index in [1.807, 2.05) is 44.2 Å². The van der Waals surface area contributed by atoms with Gasteiger partial charge in [0.15, 0.2) is 0 Å². The predicted molar refractivity (Wildman–Crippen MR) is 88.5 cm³/mol. The highest BCUT2D eigenvalue weighted by Crippen LogP contribution is 2.16. The second-order valence-corrected chi connectivity index (χ2v) is 5.66. The van der Waals surface area contributed by atoms with Gasteiger partial charge in [-0.15, -0.1) is 0 Å². The number of carbonyl (C=O) groups excluding carboxylic acids is 3. The molecule has 1 rings (SSSR count). The molecule has 126 valence electrons. The SMILES string of the molecule is CC(=O)NC(CC(=O)NCCNC(=O)C(C)C)c1ccccc1. The van der Waals surface area contributed by atoms with E-state index in [0.29, 0.717) is 13.1 Å². The molecule has 0 bridgehead atoms. The van der Waals surface area contributed by atoms with Crippen molar-refractivity contribution in [2.45, 2.75) is 33.2 Å². The third-order valence-corrected chi connectivity index (χ3v) is 3.24. The summed E-state index contributed by atoms with van der Waals surface area (Å²) in [6.07, 6.45) is 0.154. The van der Waals surface area contributed by atoms with Gasteiger partial charge in [0.25, 0.3) is 0 Å². The van der Waals surface area contributed by atoms with E-state index in [9.17, 15) is 14.4 Å². The Morgan fingerprint density at radius 1 is 1.00 bits per heavy atom. The molecule has 0 heterocycles. The van der Waals surface area contributed by atoms with E-state index in [1.165, 1.54) is 6.92 Å². The molecule has 0 fully saturated rings. The zero-order valence-corrected chi connectivity index (χ0v) is 13.9. The predicted octanol–water partition coefficient (Wildman–Crippen LogP) is 1.14. The van der Waals surface area contributed by atoms with Crippen molar-refractivity contribution in [3.8, 4) is 0 Å². The lowest BCUT2D eigenvalue weighted by Gasteiger charge is -2.18. The molecule has 0 radical (unpaired) electrons. The first-order valence-electron chi connectivity index (χ1n) is 7.76. The Morgan fingerprint density at radius 2 is 1.61 bits per heavy atom. The van der Waals surface area contributed by atoms with Crippen molar-refractivity contribution in [3.05, 3.63) is 35.9 Å². The Labute approximate surface area is 137 Å². The Kier molecular flexibility index (Phi) is 7.80. The first-order valence-corrected chi connectivity index (χ1v) is 7.76. The van der Waals surface area contributed by atoms with E-state index < -0.39 is 0 Å². The summed E-state index contributed by atoms with van der Waals surface area (Å²) in [5.74, 6) is -0.477.